The fourth-order valence-electron chi connectivity index (χ4n) is 2.65. The molecule has 1 amide bonds. The van der Waals surface area contributed by atoms with Crippen LogP contribution >= 0.6 is 0 Å². The number of carbonyl (C=O) groups is 2. The maximum absolute atomic E-state index is 12.7. The van der Waals surface area contributed by atoms with E-state index in [-0.39, 0.29) is 23.7 Å². The van der Waals surface area contributed by atoms with Gasteiger partial charge in [0.1, 0.15) is 5.76 Å². The Bertz CT molecular complexity index is 968. The van der Waals surface area contributed by atoms with E-state index in [1.165, 1.54) is 35.4 Å². The smallest absolute Gasteiger partial charge is 0.338 e. The van der Waals surface area contributed by atoms with E-state index in [9.17, 15) is 19.7 Å². The fourth-order valence-corrected chi connectivity index (χ4v) is 2.65. The topological polar surface area (TPSA) is 103 Å². The maximum Gasteiger partial charge on any atom is 0.338 e. The van der Waals surface area contributed by atoms with E-state index in [2.05, 4.69) is 0 Å². The van der Waals surface area contributed by atoms with Crippen LogP contribution in [0.25, 0.3) is 0 Å². The van der Waals surface area contributed by atoms with Gasteiger partial charge in [-0.05, 0) is 29.8 Å². The van der Waals surface area contributed by atoms with Crippen LogP contribution in [0.3, 0.4) is 0 Å². The van der Waals surface area contributed by atoms with Crippen molar-refractivity contribution in [3.8, 4) is 0 Å². The van der Waals surface area contributed by atoms with Gasteiger partial charge in [0.05, 0.1) is 23.3 Å². The van der Waals surface area contributed by atoms with Gasteiger partial charge in [-0.25, -0.2) is 4.79 Å². The predicted octanol–water partition coefficient (Wildman–Crippen LogP) is 3.57. The molecule has 0 bridgehead atoms. The van der Waals surface area contributed by atoms with Crippen LogP contribution in [0.2, 0.25) is 0 Å². The number of ether oxygens (including phenoxy) is 1. The molecule has 0 aliphatic rings. The molecule has 0 atom stereocenters. The molecule has 3 rings (SSSR count). The first kappa shape index (κ1) is 19.8. The first-order valence-electron chi connectivity index (χ1n) is 8.78. The van der Waals surface area contributed by atoms with Gasteiger partial charge in [-0.3, -0.25) is 14.9 Å². The number of rotatable bonds is 8. The third-order valence-corrected chi connectivity index (χ3v) is 4.14. The van der Waals surface area contributed by atoms with Gasteiger partial charge in [-0.15, -0.1) is 0 Å². The number of hydrogen-bond donors (Lipinski definition) is 0. The maximum atomic E-state index is 12.7. The Morgan fingerprint density at radius 3 is 2.31 bits per heavy atom. The highest BCUT2D eigenvalue weighted by Gasteiger charge is 2.19. The molecule has 148 valence electrons. The molecule has 0 saturated heterocycles. The number of amides is 1. The summed E-state index contributed by atoms with van der Waals surface area (Å²) < 4.78 is 10.4. The van der Waals surface area contributed by atoms with Crippen LogP contribution in [0.15, 0.2) is 77.4 Å². The molecule has 0 saturated carbocycles. The SMILES string of the molecule is O=C(OCC(=O)N(Cc1ccccc1)Cc1ccco1)c1ccc([N+](=O)[O-])cc1. The number of carbonyl (C=O) groups excluding carboxylic acids is 2. The quantitative estimate of drug-likeness (QED) is 0.329. The molecule has 0 fully saturated rings. The fraction of sp³-hybridized carbons (Fsp3) is 0.143. The number of nitro benzene ring substituents is 1. The van der Waals surface area contributed by atoms with Gasteiger partial charge >= 0.3 is 5.97 Å². The molecule has 29 heavy (non-hydrogen) atoms. The molecule has 2 aromatic carbocycles. The number of nitro groups is 1. The zero-order valence-electron chi connectivity index (χ0n) is 15.4. The predicted molar refractivity (Wildman–Crippen MR) is 103 cm³/mol. The Balaban J connectivity index is 1.64. The number of nitrogens with zero attached hydrogens (tertiary/aromatic N) is 2. The van der Waals surface area contributed by atoms with Gasteiger partial charge in [0.25, 0.3) is 11.6 Å². The standard InChI is InChI=1S/C21H18N2O6/c24-20(15-29-21(25)17-8-10-18(11-9-17)23(26)27)22(14-19-7-4-12-28-19)13-16-5-2-1-3-6-16/h1-12H,13-15H2. The molecular formula is C21H18N2O6. The molecule has 0 radical (unpaired) electrons. The number of esters is 1. The number of hydrogen-bond acceptors (Lipinski definition) is 6. The van der Waals surface area contributed by atoms with E-state index in [0.29, 0.717) is 12.3 Å². The third-order valence-electron chi connectivity index (χ3n) is 4.14. The summed E-state index contributed by atoms with van der Waals surface area (Å²) in [7, 11) is 0. The Morgan fingerprint density at radius 2 is 1.69 bits per heavy atom. The van der Waals surface area contributed by atoms with Crippen molar-refractivity contribution in [3.63, 3.8) is 0 Å². The number of furan rings is 1. The summed E-state index contributed by atoms with van der Waals surface area (Å²) in [5.41, 5.74) is 0.920. The van der Waals surface area contributed by atoms with Crippen molar-refractivity contribution in [3.05, 3.63) is 100.0 Å². The normalized spacial score (nSPS) is 10.3. The molecule has 0 spiro atoms. The second kappa shape index (κ2) is 9.32. The molecule has 8 heteroatoms. The van der Waals surface area contributed by atoms with Crippen LogP contribution in [0.4, 0.5) is 5.69 Å². The van der Waals surface area contributed by atoms with Crippen LogP contribution in [0.1, 0.15) is 21.7 Å². The second-order valence-electron chi connectivity index (χ2n) is 6.19. The molecule has 0 aliphatic heterocycles. The first-order valence-corrected chi connectivity index (χ1v) is 8.78. The molecule has 0 aliphatic carbocycles. The van der Waals surface area contributed by atoms with Crippen LogP contribution in [-0.2, 0) is 22.6 Å². The van der Waals surface area contributed by atoms with Crippen molar-refractivity contribution >= 4 is 17.6 Å². The van der Waals surface area contributed by atoms with Gasteiger partial charge in [-0.2, -0.15) is 0 Å². The molecule has 1 heterocycles. The third kappa shape index (κ3) is 5.52. The molecule has 1 aromatic heterocycles. The molecule has 3 aromatic rings. The lowest BCUT2D eigenvalue weighted by atomic mass is 10.2. The van der Waals surface area contributed by atoms with Crippen LogP contribution in [-0.4, -0.2) is 28.3 Å². The van der Waals surface area contributed by atoms with Crippen LogP contribution in [0, 0.1) is 10.1 Å². The Labute approximate surface area is 166 Å². The van der Waals surface area contributed by atoms with E-state index in [4.69, 9.17) is 9.15 Å². The van der Waals surface area contributed by atoms with E-state index >= 15 is 0 Å². The van der Waals surface area contributed by atoms with E-state index < -0.39 is 17.5 Å². The van der Waals surface area contributed by atoms with Gasteiger partial charge in [0.2, 0.25) is 0 Å². The van der Waals surface area contributed by atoms with Gasteiger partial charge < -0.3 is 14.1 Å². The zero-order valence-corrected chi connectivity index (χ0v) is 15.4. The van der Waals surface area contributed by atoms with Crippen molar-refractivity contribution in [2.75, 3.05) is 6.61 Å². The lowest BCUT2D eigenvalue weighted by molar-refractivity contribution is -0.384. The summed E-state index contributed by atoms with van der Waals surface area (Å²) in [5.74, 6) is -0.512. The molecule has 0 N–H and O–H groups in total. The van der Waals surface area contributed by atoms with Crippen LogP contribution < -0.4 is 0 Å². The van der Waals surface area contributed by atoms with Crippen LogP contribution in [0.5, 0.6) is 0 Å². The van der Waals surface area contributed by atoms with Crippen molar-refractivity contribution in [2.45, 2.75) is 13.1 Å². The lowest BCUT2D eigenvalue weighted by Crippen LogP contribution is -2.33. The van der Waals surface area contributed by atoms with Crippen molar-refractivity contribution < 1.29 is 23.7 Å². The minimum absolute atomic E-state index is 0.129. The molecule has 8 nitrogen and oxygen atoms in total. The minimum Gasteiger partial charge on any atom is -0.467 e. The van der Waals surface area contributed by atoms with Gasteiger partial charge in [0.15, 0.2) is 6.61 Å². The highest BCUT2D eigenvalue weighted by atomic mass is 16.6. The monoisotopic (exact) mass is 394 g/mol. The van der Waals surface area contributed by atoms with Gasteiger partial charge in [0, 0.05) is 18.7 Å². The summed E-state index contributed by atoms with van der Waals surface area (Å²) >= 11 is 0. The summed E-state index contributed by atoms with van der Waals surface area (Å²) in [6.07, 6.45) is 1.52. The Hall–Kier alpha value is -3.94. The van der Waals surface area contributed by atoms with Gasteiger partial charge in [-0.1, -0.05) is 30.3 Å². The summed E-state index contributed by atoms with van der Waals surface area (Å²) in [6.45, 7) is 0.106. The summed E-state index contributed by atoms with van der Waals surface area (Å²) in [4.78, 5) is 36.5. The highest BCUT2D eigenvalue weighted by Crippen LogP contribution is 2.14. The van der Waals surface area contributed by atoms with Crippen molar-refractivity contribution in [1.29, 1.82) is 0 Å². The zero-order chi connectivity index (χ0) is 20.6. The second-order valence-corrected chi connectivity index (χ2v) is 6.19. The summed E-state index contributed by atoms with van der Waals surface area (Å²) in [6, 6.07) is 17.9. The van der Waals surface area contributed by atoms with E-state index in [1.54, 1.807) is 12.1 Å². The van der Waals surface area contributed by atoms with E-state index in [0.717, 1.165) is 5.56 Å². The minimum atomic E-state index is -0.731. The van der Waals surface area contributed by atoms with E-state index in [1.807, 2.05) is 30.3 Å². The highest BCUT2D eigenvalue weighted by molar-refractivity contribution is 5.91. The molecule has 0 unspecified atom stereocenters. The largest absolute Gasteiger partial charge is 0.467 e. The van der Waals surface area contributed by atoms with Crippen molar-refractivity contribution in [1.82, 2.24) is 4.90 Å². The summed E-state index contributed by atoms with van der Waals surface area (Å²) in [5, 5.41) is 10.7. The number of benzene rings is 2. The molecular weight excluding hydrogens is 376 g/mol. The average molecular weight is 394 g/mol. The van der Waals surface area contributed by atoms with Crippen molar-refractivity contribution in [2.24, 2.45) is 0 Å². The lowest BCUT2D eigenvalue weighted by Gasteiger charge is -2.21. The average Bonchev–Trinajstić information content (AvgIpc) is 3.25. The Kier molecular flexibility index (Phi) is 6.36. The number of non-ortho nitro benzene ring substituents is 1. The first-order chi connectivity index (χ1) is 14.0. The Morgan fingerprint density at radius 1 is 0.966 bits per heavy atom.